The molecule has 2 atom stereocenters. The van der Waals surface area contributed by atoms with E-state index in [4.69, 9.17) is 42.5 Å². The number of nitrogens with zero attached hydrogens (tertiary/aromatic N) is 6. The molecule has 0 spiro atoms. The van der Waals surface area contributed by atoms with Crippen LogP contribution in [-0.4, -0.2) is 120 Å². The van der Waals surface area contributed by atoms with E-state index in [9.17, 15) is 9.18 Å². The number of piperidine rings is 1. The van der Waals surface area contributed by atoms with Crippen molar-refractivity contribution in [2.45, 2.75) is 44.4 Å². The van der Waals surface area contributed by atoms with E-state index in [1.807, 2.05) is 11.6 Å². The molecule has 1 amide bonds. The van der Waals surface area contributed by atoms with Gasteiger partial charge in [0.1, 0.15) is 0 Å². The molecule has 6 rings (SSSR count). The highest BCUT2D eigenvalue weighted by molar-refractivity contribution is 6.45. The molecule has 14 heteroatoms. The number of amides is 1. The Morgan fingerprint density at radius 2 is 2.00 bits per heavy atom. The number of carbonyl (C=O) groups is 1. The maximum Gasteiger partial charge on any atom is 0.281 e. The lowest BCUT2D eigenvalue weighted by Gasteiger charge is -2.50. The minimum Gasteiger partial charge on any atom is -0.382 e. The zero-order valence-electron chi connectivity index (χ0n) is 26.0. The highest BCUT2D eigenvalue weighted by atomic mass is 35.5. The second-order valence-electron chi connectivity index (χ2n) is 12.4. The molecule has 0 saturated carbocycles. The van der Waals surface area contributed by atoms with Crippen molar-refractivity contribution in [3.05, 3.63) is 40.4 Å². The predicted octanol–water partition coefficient (Wildman–Crippen LogP) is 4.63. The number of rotatable bonds is 8. The lowest BCUT2D eigenvalue weighted by molar-refractivity contribution is -0.129. The summed E-state index contributed by atoms with van der Waals surface area (Å²) >= 11 is 13.7. The Morgan fingerprint density at radius 1 is 1.22 bits per heavy atom. The summed E-state index contributed by atoms with van der Waals surface area (Å²) in [6.45, 7) is 13.5. The zero-order chi connectivity index (χ0) is 31.9. The van der Waals surface area contributed by atoms with Gasteiger partial charge in [-0.2, -0.15) is 10.2 Å². The molecular weight excluding hydrogens is 624 g/mol. The lowest BCUT2D eigenvalue weighted by atomic mass is 9.94. The number of piperazine rings is 1. The molecule has 0 radical (unpaired) electrons. The third-order valence-corrected chi connectivity index (χ3v) is 10.1. The number of methoxy groups -OCH3 is 1. The molecule has 3 aliphatic rings. The molecule has 3 fully saturated rings. The standard InChI is InChI=1S/C31H40Cl2FN7O4/c1-19(34)30(42)39-7-5-21(6-8-39)41-20(2)26(27-23-14-35-36-25(23)13-24(32)28(27)33)29(37-41)40-10-9-38(17-31(40,3)18-43-4)15-22-16-44-11-12-45-22/h13-14,21-22H,1,5-12,15-18H2,2-4H3,(H,35,36)/t22-,31-/m1/s1. The van der Waals surface area contributed by atoms with Crippen molar-refractivity contribution < 1.29 is 23.4 Å². The molecule has 3 saturated heterocycles. The summed E-state index contributed by atoms with van der Waals surface area (Å²) in [5.41, 5.74) is 2.90. The van der Waals surface area contributed by atoms with Crippen LogP contribution in [0.25, 0.3) is 22.0 Å². The lowest BCUT2D eigenvalue weighted by Crippen LogP contribution is -2.64. The van der Waals surface area contributed by atoms with Gasteiger partial charge in [-0.25, -0.2) is 4.39 Å². The maximum absolute atomic E-state index is 13.6. The van der Waals surface area contributed by atoms with E-state index in [0.717, 1.165) is 53.2 Å². The van der Waals surface area contributed by atoms with Crippen LogP contribution in [0.5, 0.6) is 0 Å². The smallest absolute Gasteiger partial charge is 0.281 e. The second-order valence-corrected chi connectivity index (χ2v) is 13.2. The molecule has 0 unspecified atom stereocenters. The van der Waals surface area contributed by atoms with E-state index in [0.29, 0.717) is 68.9 Å². The average molecular weight is 665 g/mol. The fourth-order valence-corrected chi connectivity index (χ4v) is 7.60. The summed E-state index contributed by atoms with van der Waals surface area (Å²) in [4.78, 5) is 18.5. The maximum atomic E-state index is 13.6. The number of carbonyl (C=O) groups excluding carboxylic acids is 1. The number of ether oxygens (including phenoxy) is 3. The average Bonchev–Trinajstić information content (AvgIpc) is 3.62. The van der Waals surface area contributed by atoms with E-state index in [-0.39, 0.29) is 12.1 Å². The summed E-state index contributed by atoms with van der Waals surface area (Å²) in [6, 6.07) is 1.77. The third-order valence-electron chi connectivity index (χ3n) is 9.26. The number of likely N-dealkylation sites (tertiary alicyclic amines) is 1. The normalized spacial score (nSPS) is 23.6. The first kappa shape index (κ1) is 32.2. The van der Waals surface area contributed by atoms with Crippen molar-refractivity contribution >= 4 is 45.8 Å². The van der Waals surface area contributed by atoms with Crippen LogP contribution in [0.1, 0.15) is 31.5 Å². The van der Waals surface area contributed by atoms with Gasteiger partial charge in [0.05, 0.1) is 65.9 Å². The van der Waals surface area contributed by atoms with Gasteiger partial charge in [-0.3, -0.25) is 19.5 Å². The number of hydrogen-bond donors (Lipinski definition) is 1. The number of aromatic nitrogens is 4. The number of benzene rings is 1. The molecule has 2 aromatic heterocycles. The van der Waals surface area contributed by atoms with Crippen LogP contribution >= 0.6 is 23.2 Å². The fraction of sp³-hybridized carbons (Fsp3) is 0.581. The molecule has 1 N–H and O–H groups in total. The Balaban J connectivity index is 1.41. The molecular formula is C31H40Cl2FN7O4. The van der Waals surface area contributed by atoms with E-state index in [1.165, 1.54) is 4.90 Å². The second kappa shape index (κ2) is 13.2. The number of H-pyrrole nitrogens is 1. The molecule has 5 heterocycles. The van der Waals surface area contributed by atoms with Crippen LogP contribution < -0.4 is 4.90 Å². The SMILES string of the molecule is C=C(F)C(=O)N1CCC(n2nc(N3CCN(C[C@@H]4COCCO4)C[C@]3(C)COC)c(-c3c(Cl)c(Cl)cc4[nH]ncc34)c2C)CC1. The van der Waals surface area contributed by atoms with Gasteiger partial charge in [0.15, 0.2) is 11.6 Å². The molecule has 0 aliphatic carbocycles. The van der Waals surface area contributed by atoms with Gasteiger partial charge in [-0.15, -0.1) is 0 Å². The Hall–Kier alpha value is -2.74. The Kier molecular flexibility index (Phi) is 9.43. The minimum atomic E-state index is -0.938. The Morgan fingerprint density at radius 3 is 2.69 bits per heavy atom. The highest BCUT2D eigenvalue weighted by Gasteiger charge is 2.42. The van der Waals surface area contributed by atoms with E-state index < -0.39 is 17.3 Å². The van der Waals surface area contributed by atoms with Gasteiger partial charge in [0.25, 0.3) is 5.91 Å². The number of anilines is 1. The monoisotopic (exact) mass is 663 g/mol. The van der Waals surface area contributed by atoms with Crippen molar-refractivity contribution in [3.63, 3.8) is 0 Å². The van der Waals surface area contributed by atoms with Crippen molar-refractivity contribution in [2.24, 2.45) is 0 Å². The summed E-state index contributed by atoms with van der Waals surface area (Å²) in [5.74, 6) is -0.808. The molecule has 0 bridgehead atoms. The van der Waals surface area contributed by atoms with Crippen molar-refractivity contribution in [1.82, 2.24) is 29.8 Å². The fourth-order valence-electron chi connectivity index (χ4n) is 7.14. The minimum absolute atomic E-state index is 0.00866. The number of aromatic amines is 1. The first-order chi connectivity index (χ1) is 21.6. The zero-order valence-corrected chi connectivity index (χ0v) is 27.5. The van der Waals surface area contributed by atoms with Crippen molar-refractivity contribution in [3.8, 4) is 11.1 Å². The Bertz CT molecular complexity index is 1570. The van der Waals surface area contributed by atoms with Crippen LogP contribution in [0.4, 0.5) is 10.2 Å². The largest absolute Gasteiger partial charge is 0.382 e. The third kappa shape index (κ3) is 6.20. The molecule has 1 aromatic carbocycles. The molecule has 3 aliphatic heterocycles. The van der Waals surface area contributed by atoms with E-state index in [2.05, 4.69) is 33.5 Å². The number of hydrogen-bond acceptors (Lipinski definition) is 8. The number of fused-ring (bicyclic) bond motifs is 1. The van der Waals surface area contributed by atoms with E-state index >= 15 is 0 Å². The van der Waals surface area contributed by atoms with Crippen LogP contribution in [0.15, 0.2) is 24.7 Å². The van der Waals surface area contributed by atoms with Gasteiger partial charge < -0.3 is 24.0 Å². The first-order valence-corrected chi connectivity index (χ1v) is 16.1. The van der Waals surface area contributed by atoms with Gasteiger partial charge in [0.2, 0.25) is 0 Å². The topological polar surface area (TPSA) is 101 Å². The summed E-state index contributed by atoms with van der Waals surface area (Å²) < 4.78 is 33.1. The molecule has 3 aromatic rings. The van der Waals surface area contributed by atoms with Gasteiger partial charge >= 0.3 is 0 Å². The summed E-state index contributed by atoms with van der Waals surface area (Å²) in [6.07, 6.45) is 3.04. The summed E-state index contributed by atoms with van der Waals surface area (Å²) in [5, 5.41) is 14.3. The van der Waals surface area contributed by atoms with E-state index in [1.54, 1.807) is 19.4 Å². The van der Waals surface area contributed by atoms with Crippen molar-refractivity contribution in [2.75, 3.05) is 77.7 Å². The van der Waals surface area contributed by atoms with Crippen LogP contribution in [0.3, 0.4) is 0 Å². The highest BCUT2D eigenvalue weighted by Crippen LogP contribution is 2.47. The van der Waals surface area contributed by atoms with Crippen LogP contribution in [0, 0.1) is 6.92 Å². The van der Waals surface area contributed by atoms with Crippen LogP contribution in [-0.2, 0) is 19.0 Å². The molecule has 45 heavy (non-hydrogen) atoms. The molecule has 244 valence electrons. The number of nitrogens with one attached hydrogen (secondary N) is 1. The van der Waals surface area contributed by atoms with Gasteiger partial charge in [0, 0.05) is 68.6 Å². The quantitative estimate of drug-likeness (QED) is 0.348. The summed E-state index contributed by atoms with van der Waals surface area (Å²) in [7, 11) is 1.72. The van der Waals surface area contributed by atoms with Crippen molar-refractivity contribution in [1.29, 1.82) is 0 Å². The van der Waals surface area contributed by atoms with Gasteiger partial charge in [-0.1, -0.05) is 29.8 Å². The number of halogens is 3. The van der Waals surface area contributed by atoms with Gasteiger partial charge in [-0.05, 0) is 32.8 Å². The first-order valence-electron chi connectivity index (χ1n) is 15.3. The predicted molar refractivity (Wildman–Crippen MR) is 172 cm³/mol. The molecule has 11 nitrogen and oxygen atoms in total. The Labute approximate surface area is 272 Å². The van der Waals surface area contributed by atoms with Crippen LogP contribution in [0.2, 0.25) is 10.0 Å².